The van der Waals surface area contributed by atoms with Crippen molar-refractivity contribution in [3.8, 4) is 0 Å². The van der Waals surface area contributed by atoms with Gasteiger partial charge in [-0.15, -0.1) is 11.8 Å². The van der Waals surface area contributed by atoms with Crippen molar-refractivity contribution in [1.29, 1.82) is 0 Å². The topological polar surface area (TPSA) is 37.8 Å². The van der Waals surface area contributed by atoms with Crippen molar-refractivity contribution >= 4 is 11.8 Å². The summed E-state index contributed by atoms with van der Waals surface area (Å²) in [6.45, 7) is 5.34. The Bertz CT molecular complexity index is 499. The number of hydrogen-bond donors (Lipinski definition) is 1. The van der Waals surface area contributed by atoms with Crippen LogP contribution in [0, 0.1) is 6.92 Å². The number of hydrogen-bond acceptors (Lipinski definition) is 4. The highest BCUT2D eigenvalue weighted by Crippen LogP contribution is 2.23. The van der Waals surface area contributed by atoms with E-state index in [1.807, 2.05) is 6.07 Å². The van der Waals surface area contributed by atoms with Crippen LogP contribution >= 0.6 is 11.8 Å². The molecule has 0 amide bonds. The Morgan fingerprint density at radius 1 is 1.20 bits per heavy atom. The van der Waals surface area contributed by atoms with Gasteiger partial charge in [0.15, 0.2) is 0 Å². The van der Waals surface area contributed by atoms with Crippen molar-refractivity contribution in [1.82, 2.24) is 15.3 Å². The minimum Gasteiger partial charge on any atom is -0.309 e. The molecule has 0 saturated heterocycles. The van der Waals surface area contributed by atoms with E-state index < -0.39 is 0 Å². The maximum absolute atomic E-state index is 4.26. The zero-order valence-electron chi connectivity index (χ0n) is 12.0. The number of nitrogens with one attached hydrogen (secondary N) is 1. The molecule has 1 aromatic heterocycles. The Balaban J connectivity index is 2.01. The van der Waals surface area contributed by atoms with Gasteiger partial charge in [0.05, 0.1) is 5.03 Å². The summed E-state index contributed by atoms with van der Waals surface area (Å²) in [5.41, 5.74) is 2.64. The van der Waals surface area contributed by atoms with Crippen LogP contribution in [0.4, 0.5) is 0 Å². The Morgan fingerprint density at radius 3 is 2.65 bits per heavy atom. The van der Waals surface area contributed by atoms with Crippen molar-refractivity contribution in [3.63, 3.8) is 0 Å². The van der Waals surface area contributed by atoms with Crippen molar-refractivity contribution in [2.24, 2.45) is 0 Å². The fourth-order valence-corrected chi connectivity index (χ4v) is 2.85. The van der Waals surface area contributed by atoms with Crippen LogP contribution in [0.25, 0.3) is 0 Å². The minimum absolute atomic E-state index is 0.357. The summed E-state index contributed by atoms with van der Waals surface area (Å²) in [6, 6.07) is 11.1. The Hall–Kier alpha value is -1.39. The molecule has 1 heterocycles. The molecule has 1 N–H and O–H groups in total. The molecule has 3 nitrogen and oxygen atoms in total. The molecular weight excluding hydrogens is 266 g/mol. The highest BCUT2D eigenvalue weighted by Gasteiger charge is 2.11. The first-order chi connectivity index (χ1) is 9.79. The van der Waals surface area contributed by atoms with E-state index in [2.05, 4.69) is 53.4 Å². The van der Waals surface area contributed by atoms with Crippen LogP contribution in [-0.2, 0) is 0 Å². The van der Waals surface area contributed by atoms with Crippen molar-refractivity contribution in [3.05, 3.63) is 54.0 Å². The fourth-order valence-electron chi connectivity index (χ4n) is 1.92. The standard InChI is InChI=1S/C16H21N3S/c1-3-9-18-15(14-6-4-13(2)5-7-14)11-20-16-8-10-17-12-19-16/h4-8,10,12,15,18H,3,9,11H2,1-2H3. The molecule has 0 spiro atoms. The lowest BCUT2D eigenvalue weighted by molar-refractivity contribution is 0.577. The molecule has 2 aromatic rings. The average molecular weight is 287 g/mol. The van der Waals surface area contributed by atoms with E-state index >= 15 is 0 Å². The Morgan fingerprint density at radius 2 is 2.00 bits per heavy atom. The van der Waals surface area contributed by atoms with Crippen LogP contribution in [0.2, 0.25) is 0 Å². The van der Waals surface area contributed by atoms with E-state index in [0.29, 0.717) is 6.04 Å². The first-order valence-electron chi connectivity index (χ1n) is 6.98. The maximum atomic E-state index is 4.26. The van der Waals surface area contributed by atoms with E-state index in [4.69, 9.17) is 0 Å². The Labute approximate surface area is 125 Å². The molecule has 1 aromatic carbocycles. The van der Waals surface area contributed by atoms with Crippen LogP contribution in [0.5, 0.6) is 0 Å². The van der Waals surface area contributed by atoms with Gasteiger partial charge in [-0.25, -0.2) is 9.97 Å². The second kappa shape index (κ2) is 8.02. The first kappa shape index (κ1) is 15.0. The van der Waals surface area contributed by atoms with Crippen molar-refractivity contribution < 1.29 is 0 Å². The predicted molar refractivity (Wildman–Crippen MR) is 85.0 cm³/mol. The first-order valence-corrected chi connectivity index (χ1v) is 7.97. The SMILES string of the molecule is CCCNC(CSc1ccncn1)c1ccc(C)cc1. The summed E-state index contributed by atoms with van der Waals surface area (Å²) in [4.78, 5) is 8.21. The molecular formula is C16H21N3S. The Kier molecular flexibility index (Phi) is 6.02. The number of nitrogens with zero attached hydrogens (tertiary/aromatic N) is 2. The molecule has 2 rings (SSSR count). The lowest BCUT2D eigenvalue weighted by Gasteiger charge is -2.18. The van der Waals surface area contributed by atoms with Gasteiger partial charge in [-0.05, 0) is 31.5 Å². The van der Waals surface area contributed by atoms with Gasteiger partial charge in [-0.1, -0.05) is 36.8 Å². The lowest BCUT2D eigenvalue weighted by atomic mass is 10.1. The van der Waals surface area contributed by atoms with E-state index in [-0.39, 0.29) is 0 Å². The molecule has 106 valence electrons. The lowest BCUT2D eigenvalue weighted by Crippen LogP contribution is -2.24. The predicted octanol–water partition coefficient (Wildman–Crippen LogP) is 3.62. The highest BCUT2D eigenvalue weighted by atomic mass is 32.2. The van der Waals surface area contributed by atoms with Gasteiger partial charge in [0.1, 0.15) is 6.33 Å². The van der Waals surface area contributed by atoms with E-state index in [1.165, 1.54) is 11.1 Å². The normalized spacial score (nSPS) is 12.3. The summed E-state index contributed by atoms with van der Waals surface area (Å²) in [5.74, 6) is 0.972. The third kappa shape index (κ3) is 4.62. The minimum atomic E-state index is 0.357. The fraction of sp³-hybridized carbons (Fsp3) is 0.375. The number of aromatic nitrogens is 2. The summed E-state index contributed by atoms with van der Waals surface area (Å²) >= 11 is 1.76. The highest BCUT2D eigenvalue weighted by molar-refractivity contribution is 7.99. The smallest absolute Gasteiger partial charge is 0.116 e. The number of thioether (sulfide) groups is 1. The molecule has 0 aliphatic heterocycles. The van der Waals surface area contributed by atoms with Gasteiger partial charge < -0.3 is 5.32 Å². The van der Waals surface area contributed by atoms with Crippen LogP contribution in [0.1, 0.15) is 30.5 Å². The number of benzene rings is 1. The van der Waals surface area contributed by atoms with E-state index in [9.17, 15) is 0 Å². The molecule has 0 fully saturated rings. The van der Waals surface area contributed by atoms with Gasteiger partial charge in [0.2, 0.25) is 0 Å². The zero-order chi connectivity index (χ0) is 14.2. The molecule has 20 heavy (non-hydrogen) atoms. The molecule has 0 bridgehead atoms. The third-order valence-corrected chi connectivity index (χ3v) is 4.11. The van der Waals surface area contributed by atoms with Crippen LogP contribution < -0.4 is 5.32 Å². The van der Waals surface area contributed by atoms with Crippen molar-refractivity contribution in [2.75, 3.05) is 12.3 Å². The molecule has 0 radical (unpaired) electrons. The van der Waals surface area contributed by atoms with Gasteiger partial charge in [0.25, 0.3) is 0 Å². The van der Waals surface area contributed by atoms with Gasteiger partial charge in [0, 0.05) is 18.0 Å². The second-order valence-electron chi connectivity index (χ2n) is 4.78. The van der Waals surface area contributed by atoms with Crippen LogP contribution in [0.15, 0.2) is 47.9 Å². The molecule has 0 aliphatic rings. The monoisotopic (exact) mass is 287 g/mol. The summed E-state index contributed by atoms with van der Waals surface area (Å²) in [6.07, 6.45) is 4.53. The average Bonchev–Trinajstić information content (AvgIpc) is 2.50. The summed E-state index contributed by atoms with van der Waals surface area (Å²) in [7, 11) is 0. The zero-order valence-corrected chi connectivity index (χ0v) is 12.9. The van der Waals surface area contributed by atoms with Gasteiger partial charge in [-0.3, -0.25) is 0 Å². The second-order valence-corrected chi connectivity index (χ2v) is 5.82. The van der Waals surface area contributed by atoms with Crippen molar-refractivity contribution in [2.45, 2.75) is 31.3 Å². The quantitative estimate of drug-likeness (QED) is 0.623. The van der Waals surface area contributed by atoms with Crippen LogP contribution in [-0.4, -0.2) is 22.3 Å². The largest absolute Gasteiger partial charge is 0.309 e. The third-order valence-electron chi connectivity index (χ3n) is 3.07. The van der Waals surface area contributed by atoms with E-state index in [1.54, 1.807) is 24.3 Å². The van der Waals surface area contributed by atoms with E-state index in [0.717, 1.165) is 23.7 Å². The van der Waals surface area contributed by atoms with Gasteiger partial charge >= 0.3 is 0 Å². The summed E-state index contributed by atoms with van der Waals surface area (Å²) in [5, 5.41) is 4.63. The molecule has 0 aliphatic carbocycles. The molecule has 1 unspecified atom stereocenters. The van der Waals surface area contributed by atoms with Crippen LogP contribution in [0.3, 0.4) is 0 Å². The maximum Gasteiger partial charge on any atom is 0.116 e. The van der Waals surface area contributed by atoms with Gasteiger partial charge in [-0.2, -0.15) is 0 Å². The number of rotatable bonds is 7. The summed E-state index contributed by atoms with van der Waals surface area (Å²) < 4.78 is 0. The number of aryl methyl sites for hydroxylation is 1. The molecule has 1 atom stereocenters. The molecule has 4 heteroatoms. The molecule has 0 saturated carbocycles.